The van der Waals surface area contributed by atoms with Crippen LogP contribution in [0.15, 0.2) is 42.7 Å². The fraction of sp³-hybridized carbons (Fsp3) is 0.286. The van der Waals surface area contributed by atoms with Crippen molar-refractivity contribution in [3.05, 3.63) is 54.1 Å². The molecule has 1 amide bonds. The largest absolute Gasteiger partial charge is 0.573 e. The number of ether oxygens (including phenoxy) is 2. The minimum absolute atomic E-state index is 0.177. The number of halogens is 7. The van der Waals surface area contributed by atoms with Gasteiger partial charge in [-0.25, -0.2) is 13.9 Å². The number of anilines is 1. The lowest BCUT2D eigenvalue weighted by molar-refractivity contribution is -0.274. The van der Waals surface area contributed by atoms with E-state index in [1.54, 1.807) is 20.8 Å². The van der Waals surface area contributed by atoms with Gasteiger partial charge in [0.1, 0.15) is 17.2 Å². The van der Waals surface area contributed by atoms with Gasteiger partial charge in [0.2, 0.25) is 0 Å². The molecule has 7 nitrogen and oxygen atoms in total. The molecule has 2 aromatic heterocycles. The number of hydrogen-bond acceptors (Lipinski definition) is 5. The predicted octanol–water partition coefficient (Wildman–Crippen LogP) is 6.34. The number of rotatable bonds is 4. The Hall–Kier alpha value is -3.84. The van der Waals surface area contributed by atoms with Gasteiger partial charge in [0.15, 0.2) is 5.82 Å². The van der Waals surface area contributed by atoms with Crippen LogP contribution >= 0.6 is 0 Å². The summed E-state index contributed by atoms with van der Waals surface area (Å²) < 4.78 is 101. The highest BCUT2D eigenvalue weighted by molar-refractivity contribution is 5.85. The van der Waals surface area contributed by atoms with Gasteiger partial charge in [0, 0.05) is 23.9 Å². The first kappa shape index (κ1) is 25.8. The average molecular weight is 506 g/mol. The van der Waals surface area contributed by atoms with Gasteiger partial charge in [0.25, 0.3) is 0 Å². The van der Waals surface area contributed by atoms with Crippen LogP contribution in [0.25, 0.3) is 16.9 Å². The number of carbonyl (C=O) groups is 1. The molecule has 14 heteroatoms. The Morgan fingerprint density at radius 2 is 1.66 bits per heavy atom. The van der Waals surface area contributed by atoms with E-state index in [-0.39, 0.29) is 22.8 Å². The summed E-state index contributed by atoms with van der Waals surface area (Å²) in [5.41, 5.74) is -2.73. The number of amides is 1. The van der Waals surface area contributed by atoms with Crippen molar-refractivity contribution in [1.29, 1.82) is 0 Å². The van der Waals surface area contributed by atoms with Gasteiger partial charge in [-0.2, -0.15) is 13.2 Å². The predicted molar refractivity (Wildman–Crippen MR) is 108 cm³/mol. The summed E-state index contributed by atoms with van der Waals surface area (Å²) in [6.07, 6.45) is -9.30. The number of alkyl halides is 6. The zero-order valence-corrected chi connectivity index (χ0v) is 18.3. The summed E-state index contributed by atoms with van der Waals surface area (Å²) >= 11 is 0. The van der Waals surface area contributed by atoms with Crippen LogP contribution in [-0.4, -0.2) is 32.8 Å². The van der Waals surface area contributed by atoms with E-state index in [0.717, 1.165) is 29.1 Å². The van der Waals surface area contributed by atoms with Gasteiger partial charge in [-0.05, 0) is 39.0 Å². The van der Waals surface area contributed by atoms with E-state index in [1.165, 1.54) is 0 Å². The Balaban J connectivity index is 2.13. The fourth-order valence-electron chi connectivity index (χ4n) is 2.85. The van der Waals surface area contributed by atoms with Crippen molar-refractivity contribution in [2.45, 2.75) is 38.9 Å². The average Bonchev–Trinajstić information content (AvgIpc) is 3.07. The Bertz CT molecular complexity index is 1230. The summed E-state index contributed by atoms with van der Waals surface area (Å²) in [5, 5.41) is 6.27. The molecule has 2 heterocycles. The van der Waals surface area contributed by atoms with Gasteiger partial charge < -0.3 is 9.47 Å². The zero-order chi connectivity index (χ0) is 26.2. The fourth-order valence-corrected chi connectivity index (χ4v) is 2.85. The molecule has 0 spiro atoms. The summed E-state index contributed by atoms with van der Waals surface area (Å²) in [7, 11) is 0. The quantitative estimate of drug-likeness (QED) is 0.418. The van der Waals surface area contributed by atoms with Crippen molar-refractivity contribution in [3.8, 4) is 22.7 Å². The van der Waals surface area contributed by atoms with Crippen molar-refractivity contribution in [2.75, 3.05) is 5.32 Å². The first-order valence-corrected chi connectivity index (χ1v) is 9.69. The van der Waals surface area contributed by atoms with Gasteiger partial charge in [0.05, 0.1) is 23.1 Å². The molecule has 0 atom stereocenters. The molecule has 0 saturated heterocycles. The summed E-state index contributed by atoms with van der Waals surface area (Å²) in [5.74, 6) is -2.28. The van der Waals surface area contributed by atoms with E-state index in [2.05, 4.69) is 20.1 Å². The van der Waals surface area contributed by atoms with Crippen LogP contribution in [0.1, 0.15) is 26.3 Å². The van der Waals surface area contributed by atoms with Crippen LogP contribution in [0.3, 0.4) is 0 Å². The third-order valence-corrected chi connectivity index (χ3v) is 4.03. The number of carbonyl (C=O) groups excluding carboxylic acids is 1. The lowest BCUT2D eigenvalue weighted by Gasteiger charge is -2.19. The Labute approximate surface area is 193 Å². The van der Waals surface area contributed by atoms with E-state index < -0.39 is 41.4 Å². The maximum atomic E-state index is 14.1. The summed E-state index contributed by atoms with van der Waals surface area (Å²) in [6.45, 7) is 4.75. The smallest absolute Gasteiger partial charge is 0.444 e. The SMILES string of the molecule is CC(C)(C)OC(=O)Nc1cc(-c2cc(F)cc(OC(F)(F)F)c2)n(-c2cncc(C(F)(F)F)c2)n1. The Kier molecular flexibility index (Phi) is 6.68. The molecule has 0 aliphatic carbocycles. The first-order chi connectivity index (χ1) is 16.0. The van der Waals surface area contributed by atoms with E-state index >= 15 is 0 Å². The van der Waals surface area contributed by atoms with E-state index in [0.29, 0.717) is 18.3 Å². The Morgan fingerprint density at radius 3 is 2.26 bits per heavy atom. The molecule has 0 fully saturated rings. The van der Waals surface area contributed by atoms with Gasteiger partial charge in [-0.3, -0.25) is 10.3 Å². The standard InChI is InChI=1S/C21H17F7N4O3/c1-19(2,3)35-18(33)30-17-8-16(11-4-13(22)7-15(5-11)34-21(26,27)28)32(31-17)14-6-12(9-29-10-14)20(23,24)25/h4-10H,1-3H3,(H,30,31,33). The third kappa shape index (κ3) is 7.07. The van der Waals surface area contributed by atoms with Crippen molar-refractivity contribution in [2.24, 2.45) is 0 Å². The molecule has 1 N–H and O–H groups in total. The molecular weight excluding hydrogens is 489 g/mol. The molecule has 0 bridgehead atoms. The van der Waals surface area contributed by atoms with Crippen LogP contribution in [-0.2, 0) is 10.9 Å². The number of benzene rings is 1. The highest BCUT2D eigenvalue weighted by atomic mass is 19.4. The molecule has 3 rings (SSSR count). The molecule has 3 aromatic rings. The van der Waals surface area contributed by atoms with Crippen molar-refractivity contribution in [1.82, 2.24) is 14.8 Å². The van der Waals surface area contributed by atoms with E-state index in [4.69, 9.17) is 4.74 Å². The number of aromatic nitrogens is 3. The maximum absolute atomic E-state index is 14.1. The van der Waals surface area contributed by atoms with Gasteiger partial charge in [-0.1, -0.05) is 0 Å². The molecule has 35 heavy (non-hydrogen) atoms. The molecular formula is C21H17F7N4O3. The molecule has 0 radical (unpaired) electrons. The lowest BCUT2D eigenvalue weighted by atomic mass is 10.1. The molecule has 0 aliphatic rings. The maximum Gasteiger partial charge on any atom is 0.573 e. The number of nitrogens with one attached hydrogen (secondary N) is 1. The normalized spacial score (nSPS) is 12.4. The second-order valence-electron chi connectivity index (χ2n) is 8.11. The van der Waals surface area contributed by atoms with Crippen LogP contribution < -0.4 is 10.1 Å². The molecule has 0 aliphatic heterocycles. The van der Waals surface area contributed by atoms with Crippen LogP contribution in [0.2, 0.25) is 0 Å². The van der Waals surface area contributed by atoms with Gasteiger partial charge >= 0.3 is 18.6 Å². The molecule has 188 valence electrons. The second-order valence-corrected chi connectivity index (χ2v) is 8.11. The second kappa shape index (κ2) is 9.07. The minimum Gasteiger partial charge on any atom is -0.444 e. The monoisotopic (exact) mass is 506 g/mol. The summed E-state index contributed by atoms with van der Waals surface area (Å²) in [6, 6.07) is 3.88. The van der Waals surface area contributed by atoms with Crippen LogP contribution in [0, 0.1) is 5.82 Å². The van der Waals surface area contributed by atoms with Crippen molar-refractivity contribution < 1.29 is 45.0 Å². The number of hydrogen-bond donors (Lipinski definition) is 1. The van der Waals surface area contributed by atoms with Crippen LogP contribution in [0.5, 0.6) is 5.75 Å². The van der Waals surface area contributed by atoms with E-state index in [1.807, 2.05) is 0 Å². The number of pyridine rings is 1. The lowest BCUT2D eigenvalue weighted by Crippen LogP contribution is -2.27. The van der Waals surface area contributed by atoms with Crippen molar-refractivity contribution >= 4 is 11.9 Å². The molecule has 1 aromatic carbocycles. The minimum atomic E-state index is -5.13. The third-order valence-electron chi connectivity index (χ3n) is 4.03. The van der Waals surface area contributed by atoms with E-state index in [9.17, 15) is 35.5 Å². The van der Waals surface area contributed by atoms with Crippen molar-refractivity contribution in [3.63, 3.8) is 0 Å². The van der Waals surface area contributed by atoms with Crippen LogP contribution in [0.4, 0.5) is 41.3 Å². The first-order valence-electron chi connectivity index (χ1n) is 9.69. The molecule has 0 unspecified atom stereocenters. The number of nitrogens with zero attached hydrogens (tertiary/aromatic N) is 3. The highest BCUT2D eigenvalue weighted by Gasteiger charge is 2.33. The summed E-state index contributed by atoms with van der Waals surface area (Å²) in [4.78, 5) is 15.6. The van der Waals surface area contributed by atoms with Gasteiger partial charge in [-0.15, -0.1) is 18.3 Å². The topological polar surface area (TPSA) is 78.3 Å². The highest BCUT2D eigenvalue weighted by Crippen LogP contribution is 2.34. The molecule has 0 saturated carbocycles. The Morgan fingerprint density at radius 1 is 0.971 bits per heavy atom. The zero-order valence-electron chi connectivity index (χ0n) is 18.3.